The maximum atomic E-state index is 3.09. The van der Waals surface area contributed by atoms with E-state index in [4.69, 9.17) is 0 Å². The first-order chi connectivity index (χ1) is 4.47. The molecule has 0 aromatic carbocycles. The van der Waals surface area contributed by atoms with Crippen molar-refractivity contribution in [1.82, 2.24) is 15.3 Å². The summed E-state index contributed by atoms with van der Waals surface area (Å²) in [5.74, 6) is 0. The zero-order valence-electron chi connectivity index (χ0n) is 4.99. The Hall–Kier alpha value is -0.960. The van der Waals surface area contributed by atoms with Crippen molar-refractivity contribution in [1.29, 1.82) is 0 Å². The van der Waals surface area contributed by atoms with Crippen molar-refractivity contribution in [2.45, 2.75) is 0 Å². The monoisotopic (exact) mass is 122 g/mol. The summed E-state index contributed by atoms with van der Waals surface area (Å²) in [6.07, 6.45) is 8.04. The van der Waals surface area contributed by atoms with E-state index in [0.29, 0.717) is 0 Å². The van der Waals surface area contributed by atoms with Gasteiger partial charge in [-0.25, -0.2) is 0 Å². The Morgan fingerprint density at radius 3 is 3.00 bits per heavy atom. The Morgan fingerprint density at radius 2 is 2.11 bits per heavy atom. The van der Waals surface area contributed by atoms with E-state index in [1.165, 1.54) is 0 Å². The van der Waals surface area contributed by atoms with Crippen molar-refractivity contribution in [2.75, 3.05) is 6.67 Å². The molecule has 0 unspecified atom stereocenters. The molecule has 0 saturated carbocycles. The molecule has 0 aromatic heterocycles. The molecule has 2 heterocycles. The van der Waals surface area contributed by atoms with Crippen molar-refractivity contribution >= 4 is 0 Å². The van der Waals surface area contributed by atoms with Crippen LogP contribution in [0.5, 0.6) is 0 Å². The predicted molar refractivity (Wildman–Crippen MR) is 34.3 cm³/mol. The van der Waals surface area contributed by atoms with E-state index in [1.54, 1.807) is 0 Å². The van der Waals surface area contributed by atoms with Gasteiger partial charge in [0.15, 0.2) is 0 Å². The highest BCUT2D eigenvalue weighted by Crippen LogP contribution is 2.10. The van der Waals surface area contributed by atoms with Crippen molar-refractivity contribution in [3.63, 3.8) is 0 Å². The molecule has 0 aliphatic carbocycles. The summed E-state index contributed by atoms with van der Waals surface area (Å²) < 4.78 is 0. The first kappa shape index (κ1) is 4.88. The van der Waals surface area contributed by atoms with Gasteiger partial charge in [-0.3, -0.25) is 15.3 Å². The Balaban J connectivity index is 2.18. The fourth-order valence-corrected chi connectivity index (χ4v) is 0.929. The lowest BCUT2D eigenvalue weighted by atomic mass is 10.5. The Morgan fingerprint density at radius 1 is 1.22 bits per heavy atom. The standard InChI is InChI=1S/C6H8N3/c1-2-4-9-6-7-5-8(9)3-1/h1-5,7H,6H2. The van der Waals surface area contributed by atoms with Crippen molar-refractivity contribution < 1.29 is 0 Å². The van der Waals surface area contributed by atoms with Crippen molar-refractivity contribution in [3.8, 4) is 0 Å². The number of nitrogens with zero attached hydrogens (tertiary/aromatic N) is 2. The van der Waals surface area contributed by atoms with Gasteiger partial charge in [-0.05, 0) is 12.2 Å². The van der Waals surface area contributed by atoms with Crippen LogP contribution in [0, 0.1) is 6.67 Å². The van der Waals surface area contributed by atoms with E-state index >= 15 is 0 Å². The van der Waals surface area contributed by atoms with Gasteiger partial charge in [0, 0.05) is 12.4 Å². The molecule has 9 heavy (non-hydrogen) atoms. The minimum absolute atomic E-state index is 0.876. The summed E-state index contributed by atoms with van der Waals surface area (Å²) in [4.78, 5) is 0. The largest absolute Gasteiger partial charge is 0.277 e. The summed E-state index contributed by atoms with van der Waals surface area (Å²) in [6.45, 7) is 2.81. The molecule has 2 rings (SSSR count). The SMILES string of the molecule is [CH]1NCN2C=CC=CN12. The molecule has 1 saturated heterocycles. The van der Waals surface area contributed by atoms with Crippen LogP contribution in [-0.2, 0) is 0 Å². The molecule has 0 bridgehead atoms. The normalized spacial score (nSPS) is 23.1. The maximum Gasteiger partial charge on any atom is 0.137 e. The smallest absolute Gasteiger partial charge is 0.137 e. The molecule has 3 heteroatoms. The number of hydrazine groups is 1. The maximum absolute atomic E-state index is 3.09. The molecule has 1 N–H and O–H groups in total. The van der Waals surface area contributed by atoms with Crippen LogP contribution in [0.1, 0.15) is 0 Å². The lowest BCUT2D eigenvalue weighted by molar-refractivity contribution is 0.163. The first-order valence-corrected chi connectivity index (χ1v) is 2.93. The van der Waals surface area contributed by atoms with Gasteiger partial charge >= 0.3 is 0 Å². The molecule has 1 fully saturated rings. The second kappa shape index (κ2) is 1.77. The minimum Gasteiger partial charge on any atom is -0.277 e. The molecule has 2 aliphatic heterocycles. The second-order valence-electron chi connectivity index (χ2n) is 1.99. The van der Waals surface area contributed by atoms with Gasteiger partial charge in [-0.15, -0.1) is 0 Å². The highest BCUT2D eigenvalue weighted by Gasteiger charge is 2.15. The van der Waals surface area contributed by atoms with Gasteiger partial charge in [0.1, 0.15) is 6.67 Å². The number of nitrogens with one attached hydrogen (secondary N) is 1. The molecular weight excluding hydrogens is 114 g/mol. The highest BCUT2D eigenvalue weighted by molar-refractivity contribution is 5.08. The third-order valence-electron chi connectivity index (χ3n) is 1.38. The minimum atomic E-state index is 0.876. The summed E-state index contributed by atoms with van der Waals surface area (Å²) in [5, 5.41) is 7.16. The van der Waals surface area contributed by atoms with Gasteiger partial charge in [-0.2, -0.15) is 0 Å². The van der Waals surface area contributed by atoms with E-state index in [1.807, 2.05) is 36.2 Å². The van der Waals surface area contributed by atoms with Gasteiger partial charge in [-0.1, -0.05) is 0 Å². The van der Waals surface area contributed by atoms with E-state index in [2.05, 4.69) is 10.3 Å². The van der Waals surface area contributed by atoms with Gasteiger partial charge in [0.05, 0.1) is 6.67 Å². The van der Waals surface area contributed by atoms with Crippen molar-refractivity contribution in [2.24, 2.45) is 0 Å². The van der Waals surface area contributed by atoms with Gasteiger partial charge < -0.3 is 0 Å². The average molecular weight is 122 g/mol. The fraction of sp³-hybridized carbons (Fsp3) is 0.167. The number of fused-ring (bicyclic) bond motifs is 1. The van der Waals surface area contributed by atoms with Crippen LogP contribution in [-0.4, -0.2) is 16.7 Å². The van der Waals surface area contributed by atoms with E-state index in [-0.39, 0.29) is 0 Å². The molecule has 47 valence electrons. The van der Waals surface area contributed by atoms with Crippen LogP contribution in [0.4, 0.5) is 0 Å². The van der Waals surface area contributed by atoms with Crippen LogP contribution < -0.4 is 5.32 Å². The molecule has 2 aliphatic rings. The molecule has 0 aromatic rings. The fourth-order valence-electron chi connectivity index (χ4n) is 0.929. The third kappa shape index (κ3) is 0.695. The van der Waals surface area contributed by atoms with Crippen LogP contribution >= 0.6 is 0 Å². The molecule has 3 nitrogen and oxygen atoms in total. The third-order valence-corrected chi connectivity index (χ3v) is 1.38. The predicted octanol–water partition coefficient (Wildman–Crippen LogP) is 0.226. The Kier molecular flexibility index (Phi) is 0.960. The highest BCUT2D eigenvalue weighted by atomic mass is 15.7. The topological polar surface area (TPSA) is 18.5 Å². The zero-order valence-corrected chi connectivity index (χ0v) is 4.99. The number of hydrogen-bond acceptors (Lipinski definition) is 3. The summed E-state index contributed by atoms with van der Waals surface area (Å²) in [5.41, 5.74) is 0. The number of allylic oxidation sites excluding steroid dienone is 2. The van der Waals surface area contributed by atoms with E-state index in [9.17, 15) is 0 Å². The van der Waals surface area contributed by atoms with Crippen LogP contribution in [0.3, 0.4) is 0 Å². The van der Waals surface area contributed by atoms with Crippen LogP contribution in [0.2, 0.25) is 0 Å². The van der Waals surface area contributed by atoms with Gasteiger partial charge in [0.25, 0.3) is 0 Å². The zero-order chi connectivity index (χ0) is 6.10. The van der Waals surface area contributed by atoms with Crippen molar-refractivity contribution in [3.05, 3.63) is 31.2 Å². The Bertz CT molecular complexity index is 144. The van der Waals surface area contributed by atoms with Gasteiger partial charge in [0.2, 0.25) is 0 Å². The molecule has 0 atom stereocenters. The lowest BCUT2D eigenvalue weighted by Crippen LogP contribution is -2.26. The molecule has 0 amide bonds. The van der Waals surface area contributed by atoms with Crippen LogP contribution in [0.25, 0.3) is 0 Å². The lowest BCUT2D eigenvalue weighted by Gasteiger charge is -2.24. The molecule has 1 radical (unpaired) electrons. The summed E-state index contributed by atoms with van der Waals surface area (Å²) >= 11 is 0. The summed E-state index contributed by atoms with van der Waals surface area (Å²) in [7, 11) is 0. The quantitative estimate of drug-likeness (QED) is 0.496. The molecular formula is C6H8N3. The van der Waals surface area contributed by atoms with Crippen LogP contribution in [0.15, 0.2) is 24.6 Å². The average Bonchev–Trinajstić information content (AvgIpc) is 2.33. The molecule has 0 spiro atoms. The number of hydrogen-bond donors (Lipinski definition) is 1. The first-order valence-electron chi connectivity index (χ1n) is 2.93. The van der Waals surface area contributed by atoms with E-state index < -0.39 is 0 Å². The summed E-state index contributed by atoms with van der Waals surface area (Å²) in [6, 6.07) is 0. The van der Waals surface area contributed by atoms with E-state index in [0.717, 1.165) is 6.67 Å². The number of rotatable bonds is 0. The second-order valence-corrected chi connectivity index (χ2v) is 1.99. The Labute approximate surface area is 54.2 Å².